The fraction of sp³-hybridized carbons (Fsp3) is 0.300. The second-order valence-electron chi connectivity index (χ2n) is 6.08. The van der Waals surface area contributed by atoms with Crippen LogP contribution in [0.25, 0.3) is 0 Å². The molecule has 5 nitrogen and oxygen atoms in total. The van der Waals surface area contributed by atoms with Gasteiger partial charge in [-0.05, 0) is 48.2 Å². The summed E-state index contributed by atoms with van der Waals surface area (Å²) in [5.41, 5.74) is 2.69. The molecular formula is C20H23NO4S. The Kier molecular flexibility index (Phi) is 7.53. The Morgan fingerprint density at radius 3 is 2.46 bits per heavy atom. The van der Waals surface area contributed by atoms with E-state index in [2.05, 4.69) is 12.2 Å². The third-order valence-electron chi connectivity index (χ3n) is 3.85. The number of rotatable bonds is 9. The number of carboxylic acids is 1. The van der Waals surface area contributed by atoms with Gasteiger partial charge in [-0.3, -0.25) is 9.00 Å². The van der Waals surface area contributed by atoms with Gasteiger partial charge in [-0.1, -0.05) is 37.6 Å². The van der Waals surface area contributed by atoms with Crippen LogP contribution < -0.4 is 5.32 Å². The number of hydrogen-bond acceptors (Lipinski definition) is 3. The quantitative estimate of drug-likeness (QED) is 0.703. The highest BCUT2D eigenvalue weighted by Crippen LogP contribution is 2.12. The number of unbranched alkanes of at least 4 members (excludes halogenated alkanes) is 1. The zero-order valence-electron chi connectivity index (χ0n) is 14.7. The highest BCUT2D eigenvalue weighted by Gasteiger charge is 2.11. The number of amides is 1. The molecule has 1 amide bonds. The fourth-order valence-corrected chi connectivity index (χ4v) is 3.53. The van der Waals surface area contributed by atoms with Crippen molar-refractivity contribution in [1.82, 2.24) is 0 Å². The average molecular weight is 373 g/mol. The Morgan fingerprint density at radius 2 is 1.81 bits per heavy atom. The van der Waals surface area contributed by atoms with Crippen LogP contribution in [0.5, 0.6) is 0 Å². The first-order valence-corrected chi connectivity index (χ1v) is 10.0. The van der Waals surface area contributed by atoms with Crippen molar-refractivity contribution in [2.24, 2.45) is 0 Å². The lowest BCUT2D eigenvalue weighted by atomic mass is 10.1. The van der Waals surface area contributed by atoms with Crippen molar-refractivity contribution < 1.29 is 18.9 Å². The molecular weight excluding hydrogens is 350 g/mol. The molecule has 0 aliphatic rings. The Balaban J connectivity index is 1.86. The van der Waals surface area contributed by atoms with Gasteiger partial charge in [-0.2, -0.15) is 0 Å². The number of carboxylic acid groups (broad SMARTS) is 1. The topological polar surface area (TPSA) is 83.5 Å². The van der Waals surface area contributed by atoms with Gasteiger partial charge in [0.1, 0.15) is 5.75 Å². The first-order valence-electron chi connectivity index (χ1n) is 8.54. The number of nitrogens with one attached hydrogen (secondary N) is 1. The molecule has 26 heavy (non-hydrogen) atoms. The summed E-state index contributed by atoms with van der Waals surface area (Å²) < 4.78 is 12.2. The number of benzene rings is 2. The molecule has 2 aromatic carbocycles. The van der Waals surface area contributed by atoms with Crippen LogP contribution in [-0.4, -0.2) is 26.9 Å². The van der Waals surface area contributed by atoms with Crippen LogP contribution in [-0.2, 0) is 27.8 Å². The summed E-state index contributed by atoms with van der Waals surface area (Å²) in [7, 11) is -1.41. The average Bonchev–Trinajstić information content (AvgIpc) is 2.61. The Hall–Kier alpha value is -2.47. The highest BCUT2D eigenvalue weighted by atomic mass is 32.2. The van der Waals surface area contributed by atoms with Gasteiger partial charge in [-0.15, -0.1) is 0 Å². The van der Waals surface area contributed by atoms with E-state index in [1.807, 2.05) is 24.3 Å². The molecule has 0 heterocycles. The standard InChI is InChI=1S/C20H23NO4S/c1-2-3-5-15-8-10-18(11-9-15)21-19(22)14-26(25)13-16-6-4-7-17(12-16)20(23)24/h4,6-12H,2-3,5,13-14H2,1H3,(H,21,22)(H,23,24). The van der Waals surface area contributed by atoms with Crippen molar-refractivity contribution in [3.8, 4) is 0 Å². The monoisotopic (exact) mass is 373 g/mol. The molecule has 0 bridgehead atoms. The van der Waals surface area contributed by atoms with Gasteiger partial charge >= 0.3 is 5.97 Å². The molecule has 138 valence electrons. The highest BCUT2D eigenvalue weighted by molar-refractivity contribution is 7.84. The molecule has 1 atom stereocenters. The van der Waals surface area contributed by atoms with Gasteiger partial charge in [0.15, 0.2) is 0 Å². The summed E-state index contributed by atoms with van der Waals surface area (Å²) in [5, 5.41) is 11.7. The summed E-state index contributed by atoms with van der Waals surface area (Å²) in [4.78, 5) is 23.0. The number of carbonyl (C=O) groups excluding carboxylic acids is 1. The number of anilines is 1. The summed E-state index contributed by atoms with van der Waals surface area (Å²) in [6.45, 7) is 2.15. The molecule has 2 N–H and O–H groups in total. The Morgan fingerprint density at radius 1 is 1.08 bits per heavy atom. The second kappa shape index (κ2) is 9.87. The molecule has 0 saturated heterocycles. The third kappa shape index (κ3) is 6.44. The molecule has 0 saturated carbocycles. The molecule has 0 aromatic heterocycles. The van der Waals surface area contributed by atoms with E-state index in [0.29, 0.717) is 11.3 Å². The van der Waals surface area contributed by atoms with Gasteiger partial charge in [0.05, 0.1) is 5.56 Å². The van der Waals surface area contributed by atoms with Crippen LogP contribution in [0.4, 0.5) is 5.69 Å². The third-order valence-corrected chi connectivity index (χ3v) is 5.09. The minimum absolute atomic E-state index is 0.130. The molecule has 6 heteroatoms. The fourth-order valence-electron chi connectivity index (χ4n) is 2.51. The second-order valence-corrected chi connectivity index (χ2v) is 7.54. The largest absolute Gasteiger partial charge is 0.478 e. The number of aromatic carboxylic acids is 1. The predicted molar refractivity (Wildman–Crippen MR) is 104 cm³/mol. The van der Waals surface area contributed by atoms with E-state index in [9.17, 15) is 13.8 Å². The lowest BCUT2D eigenvalue weighted by Gasteiger charge is -2.07. The van der Waals surface area contributed by atoms with Crippen LogP contribution in [0.15, 0.2) is 48.5 Å². The van der Waals surface area contributed by atoms with E-state index < -0.39 is 16.8 Å². The van der Waals surface area contributed by atoms with E-state index in [4.69, 9.17) is 5.11 Å². The van der Waals surface area contributed by atoms with Crippen LogP contribution >= 0.6 is 0 Å². The maximum Gasteiger partial charge on any atom is 0.335 e. The van der Waals surface area contributed by atoms with Crippen molar-refractivity contribution in [2.75, 3.05) is 11.1 Å². The van der Waals surface area contributed by atoms with Crippen molar-refractivity contribution in [1.29, 1.82) is 0 Å². The predicted octanol–water partition coefficient (Wildman–Crippen LogP) is 3.61. The lowest BCUT2D eigenvalue weighted by molar-refractivity contribution is -0.113. The summed E-state index contributed by atoms with van der Waals surface area (Å²) >= 11 is 0. The smallest absolute Gasteiger partial charge is 0.335 e. The molecule has 2 aromatic rings. The Bertz CT molecular complexity index is 787. The normalized spacial score (nSPS) is 11.7. The first kappa shape index (κ1) is 19.8. The van der Waals surface area contributed by atoms with E-state index in [1.165, 1.54) is 17.7 Å². The number of hydrogen-bond donors (Lipinski definition) is 2. The van der Waals surface area contributed by atoms with E-state index >= 15 is 0 Å². The van der Waals surface area contributed by atoms with Crippen molar-refractivity contribution in [2.45, 2.75) is 31.9 Å². The Labute approximate surface area is 155 Å². The molecule has 0 radical (unpaired) electrons. The molecule has 0 aliphatic heterocycles. The zero-order chi connectivity index (χ0) is 18.9. The molecule has 0 aliphatic carbocycles. The van der Waals surface area contributed by atoms with Crippen molar-refractivity contribution in [3.05, 3.63) is 65.2 Å². The van der Waals surface area contributed by atoms with Crippen LogP contribution in [0, 0.1) is 0 Å². The number of aryl methyl sites for hydroxylation is 1. The van der Waals surface area contributed by atoms with Gasteiger partial charge in [0, 0.05) is 22.2 Å². The van der Waals surface area contributed by atoms with Crippen LogP contribution in [0.3, 0.4) is 0 Å². The van der Waals surface area contributed by atoms with Crippen LogP contribution in [0.1, 0.15) is 41.3 Å². The van der Waals surface area contributed by atoms with Crippen molar-refractivity contribution >= 4 is 28.4 Å². The number of carbonyl (C=O) groups is 2. The van der Waals surface area contributed by atoms with E-state index in [0.717, 1.165) is 19.3 Å². The minimum atomic E-state index is -1.41. The van der Waals surface area contributed by atoms with Gasteiger partial charge in [0.2, 0.25) is 5.91 Å². The van der Waals surface area contributed by atoms with Gasteiger partial charge in [-0.25, -0.2) is 4.79 Å². The maximum atomic E-state index is 12.2. The lowest BCUT2D eigenvalue weighted by Crippen LogP contribution is -2.20. The van der Waals surface area contributed by atoms with Crippen LogP contribution in [0.2, 0.25) is 0 Å². The molecule has 2 rings (SSSR count). The van der Waals surface area contributed by atoms with Gasteiger partial charge < -0.3 is 10.4 Å². The van der Waals surface area contributed by atoms with Crippen molar-refractivity contribution in [3.63, 3.8) is 0 Å². The summed E-state index contributed by atoms with van der Waals surface area (Å²) in [6.07, 6.45) is 3.29. The molecule has 1 unspecified atom stereocenters. The summed E-state index contributed by atoms with van der Waals surface area (Å²) in [6, 6.07) is 13.9. The SMILES string of the molecule is CCCCc1ccc(NC(=O)CS(=O)Cc2cccc(C(=O)O)c2)cc1. The minimum Gasteiger partial charge on any atom is -0.478 e. The van der Waals surface area contributed by atoms with Gasteiger partial charge in [0.25, 0.3) is 0 Å². The molecule has 0 fully saturated rings. The zero-order valence-corrected chi connectivity index (χ0v) is 15.6. The summed E-state index contributed by atoms with van der Waals surface area (Å²) in [5.74, 6) is -1.34. The van der Waals surface area contributed by atoms with E-state index in [-0.39, 0.29) is 23.0 Å². The van der Waals surface area contributed by atoms with E-state index in [1.54, 1.807) is 12.1 Å². The molecule has 0 spiro atoms. The first-order chi connectivity index (χ1) is 12.5. The maximum absolute atomic E-state index is 12.2.